The summed E-state index contributed by atoms with van der Waals surface area (Å²) in [5.41, 5.74) is -1.88. The molecule has 0 heterocycles. The molecule has 1 aromatic rings. The lowest BCUT2D eigenvalue weighted by atomic mass is 10.1. The van der Waals surface area contributed by atoms with Gasteiger partial charge in [0, 0.05) is 11.4 Å². The van der Waals surface area contributed by atoms with Gasteiger partial charge in [-0.2, -0.15) is 13.2 Å². The Morgan fingerprint density at radius 2 is 1.84 bits per heavy atom. The van der Waals surface area contributed by atoms with E-state index in [-0.39, 0.29) is 4.47 Å². The number of hydrogen-bond acceptors (Lipinski definition) is 1. The number of alkyl halides is 5. The molecule has 106 valence electrons. The van der Waals surface area contributed by atoms with Crippen LogP contribution >= 0.6 is 15.9 Å². The van der Waals surface area contributed by atoms with Crippen LogP contribution in [-0.4, -0.2) is 18.4 Å². The van der Waals surface area contributed by atoms with Crippen LogP contribution in [0.4, 0.5) is 22.0 Å². The van der Waals surface area contributed by atoms with Gasteiger partial charge in [-0.3, -0.25) is 4.79 Å². The largest absolute Gasteiger partial charge is 0.417 e. The number of carbonyl (C=O) groups is 1. The second kappa shape index (κ2) is 5.44. The first-order valence-corrected chi connectivity index (χ1v) is 5.83. The first kappa shape index (κ1) is 15.9. The molecule has 0 aromatic heterocycles. The quantitative estimate of drug-likeness (QED) is 0.828. The molecule has 1 N–H and O–H groups in total. The Balaban J connectivity index is 3.05. The molecule has 0 fully saturated rings. The normalized spacial score (nSPS) is 12.4. The van der Waals surface area contributed by atoms with Gasteiger partial charge in [-0.15, -0.1) is 0 Å². The van der Waals surface area contributed by atoms with Crippen molar-refractivity contribution in [2.75, 3.05) is 6.54 Å². The maximum Gasteiger partial charge on any atom is 0.417 e. The molecule has 1 amide bonds. The highest BCUT2D eigenvalue weighted by molar-refractivity contribution is 9.10. The second-order valence-corrected chi connectivity index (χ2v) is 4.86. The summed E-state index contributed by atoms with van der Waals surface area (Å²) in [6, 6.07) is 2.77. The van der Waals surface area contributed by atoms with Crippen LogP contribution < -0.4 is 5.32 Å². The molecule has 1 rings (SSSR count). The topological polar surface area (TPSA) is 29.1 Å². The summed E-state index contributed by atoms with van der Waals surface area (Å²) in [7, 11) is 0. The summed E-state index contributed by atoms with van der Waals surface area (Å²) in [6.45, 7) is -0.478. The van der Waals surface area contributed by atoms with Gasteiger partial charge >= 0.3 is 6.18 Å². The molecule has 0 spiro atoms. The van der Waals surface area contributed by atoms with E-state index in [9.17, 15) is 26.7 Å². The van der Waals surface area contributed by atoms with Crippen LogP contribution in [0.5, 0.6) is 0 Å². The van der Waals surface area contributed by atoms with E-state index in [0.717, 1.165) is 12.1 Å². The van der Waals surface area contributed by atoms with Gasteiger partial charge in [0.05, 0.1) is 17.7 Å². The lowest BCUT2D eigenvalue weighted by Crippen LogP contribution is -2.35. The summed E-state index contributed by atoms with van der Waals surface area (Å²) in [5, 5.41) is 1.77. The minimum atomic E-state index is -4.73. The fourth-order valence-corrected chi connectivity index (χ4v) is 1.64. The standard InChI is InChI=1S/C11H9BrF5NO/c1-10(13,14)5-18-9(19)7-4-6(12)2-3-8(7)11(15,16)17/h2-4H,5H2,1H3,(H,18,19). The molecule has 0 aliphatic carbocycles. The molecule has 1 aromatic carbocycles. The third-order valence-corrected chi connectivity index (χ3v) is 2.58. The third-order valence-electron chi connectivity index (χ3n) is 2.09. The Labute approximate surface area is 114 Å². The van der Waals surface area contributed by atoms with Crippen LogP contribution in [0.25, 0.3) is 0 Å². The van der Waals surface area contributed by atoms with Crippen LogP contribution in [0.2, 0.25) is 0 Å². The Bertz CT molecular complexity index is 481. The molecular weight excluding hydrogens is 337 g/mol. The summed E-state index contributed by atoms with van der Waals surface area (Å²) in [5.74, 6) is -4.39. The Kier molecular flexibility index (Phi) is 4.54. The molecule has 2 nitrogen and oxygen atoms in total. The molecule has 8 heteroatoms. The van der Waals surface area contributed by atoms with Gasteiger partial charge < -0.3 is 5.32 Å². The minimum Gasteiger partial charge on any atom is -0.346 e. The lowest BCUT2D eigenvalue weighted by Gasteiger charge is -2.15. The van der Waals surface area contributed by atoms with Crippen molar-refractivity contribution >= 4 is 21.8 Å². The molecule has 0 bridgehead atoms. The van der Waals surface area contributed by atoms with Crippen LogP contribution in [0, 0.1) is 0 Å². The van der Waals surface area contributed by atoms with Crippen molar-refractivity contribution in [3.05, 3.63) is 33.8 Å². The third kappa shape index (κ3) is 4.77. The molecule has 19 heavy (non-hydrogen) atoms. The molecular formula is C11H9BrF5NO. The zero-order chi connectivity index (χ0) is 14.8. The number of carbonyl (C=O) groups excluding carboxylic acids is 1. The summed E-state index contributed by atoms with van der Waals surface area (Å²) in [6.07, 6.45) is -4.73. The van der Waals surface area contributed by atoms with E-state index in [4.69, 9.17) is 0 Å². The number of nitrogens with one attached hydrogen (secondary N) is 1. The van der Waals surface area contributed by atoms with Crippen LogP contribution in [0.15, 0.2) is 22.7 Å². The van der Waals surface area contributed by atoms with Gasteiger partial charge in [0.25, 0.3) is 11.8 Å². The summed E-state index contributed by atoms with van der Waals surface area (Å²) < 4.78 is 63.4. The van der Waals surface area contributed by atoms with Crippen molar-refractivity contribution < 1.29 is 26.7 Å². The van der Waals surface area contributed by atoms with Crippen molar-refractivity contribution in [3.63, 3.8) is 0 Å². The maximum atomic E-state index is 12.7. The summed E-state index contributed by atoms with van der Waals surface area (Å²) in [4.78, 5) is 11.5. The minimum absolute atomic E-state index is 0.244. The van der Waals surface area contributed by atoms with Crippen molar-refractivity contribution in [2.24, 2.45) is 0 Å². The van der Waals surface area contributed by atoms with Gasteiger partial charge in [-0.25, -0.2) is 8.78 Å². The first-order valence-electron chi connectivity index (χ1n) is 5.03. The number of hydrogen-bond donors (Lipinski definition) is 1. The van der Waals surface area contributed by atoms with Crippen LogP contribution in [0.1, 0.15) is 22.8 Å². The smallest absolute Gasteiger partial charge is 0.346 e. The molecule has 0 radical (unpaired) electrons. The SMILES string of the molecule is CC(F)(F)CNC(=O)c1cc(Br)ccc1C(F)(F)F. The van der Waals surface area contributed by atoms with Crippen molar-refractivity contribution in [2.45, 2.75) is 19.0 Å². The predicted molar refractivity (Wildman–Crippen MR) is 62.1 cm³/mol. The molecule has 0 saturated carbocycles. The molecule has 0 atom stereocenters. The van der Waals surface area contributed by atoms with Gasteiger partial charge in [0.15, 0.2) is 0 Å². The molecule has 0 aliphatic heterocycles. The highest BCUT2D eigenvalue weighted by Crippen LogP contribution is 2.33. The van der Waals surface area contributed by atoms with Gasteiger partial charge in [-0.1, -0.05) is 15.9 Å². The fraction of sp³-hybridized carbons (Fsp3) is 0.364. The van der Waals surface area contributed by atoms with Gasteiger partial charge in [-0.05, 0) is 18.2 Å². The Morgan fingerprint density at radius 1 is 1.26 bits per heavy atom. The fourth-order valence-electron chi connectivity index (χ4n) is 1.28. The van der Waals surface area contributed by atoms with Crippen molar-refractivity contribution in [1.29, 1.82) is 0 Å². The Morgan fingerprint density at radius 3 is 2.32 bits per heavy atom. The van der Waals surface area contributed by atoms with E-state index >= 15 is 0 Å². The Hall–Kier alpha value is -1.18. The van der Waals surface area contributed by atoms with E-state index in [1.165, 1.54) is 0 Å². The van der Waals surface area contributed by atoms with Gasteiger partial charge in [0.1, 0.15) is 0 Å². The summed E-state index contributed by atoms with van der Waals surface area (Å²) >= 11 is 2.93. The van der Waals surface area contributed by atoms with Crippen molar-refractivity contribution in [3.8, 4) is 0 Å². The average Bonchev–Trinajstić information content (AvgIpc) is 2.23. The zero-order valence-electron chi connectivity index (χ0n) is 9.62. The van der Waals surface area contributed by atoms with E-state index in [1.807, 2.05) is 0 Å². The van der Waals surface area contributed by atoms with E-state index < -0.39 is 35.7 Å². The second-order valence-electron chi connectivity index (χ2n) is 3.94. The highest BCUT2D eigenvalue weighted by atomic mass is 79.9. The highest BCUT2D eigenvalue weighted by Gasteiger charge is 2.35. The van der Waals surface area contributed by atoms with Crippen LogP contribution in [-0.2, 0) is 6.18 Å². The number of benzene rings is 1. The first-order chi connectivity index (χ1) is 8.50. The van der Waals surface area contributed by atoms with Crippen molar-refractivity contribution in [1.82, 2.24) is 5.32 Å². The van der Waals surface area contributed by atoms with E-state index in [2.05, 4.69) is 15.9 Å². The van der Waals surface area contributed by atoms with Crippen LogP contribution in [0.3, 0.4) is 0 Å². The van der Waals surface area contributed by atoms with Gasteiger partial charge in [0.2, 0.25) is 0 Å². The maximum absolute atomic E-state index is 12.7. The molecule has 0 unspecified atom stereocenters. The van der Waals surface area contributed by atoms with E-state index in [1.54, 1.807) is 5.32 Å². The number of halogens is 6. The van der Waals surface area contributed by atoms with E-state index in [0.29, 0.717) is 13.0 Å². The zero-order valence-corrected chi connectivity index (χ0v) is 11.2. The number of amides is 1. The predicted octanol–water partition coefficient (Wildman–Crippen LogP) is 3.85. The molecule has 0 aliphatic rings. The lowest BCUT2D eigenvalue weighted by molar-refractivity contribution is -0.137. The number of rotatable bonds is 3. The molecule has 0 saturated heterocycles. The monoisotopic (exact) mass is 345 g/mol. The average molecular weight is 346 g/mol.